The molecule has 0 aromatic heterocycles. The third kappa shape index (κ3) is 4.96. The average Bonchev–Trinajstić information content (AvgIpc) is 2.74. The Morgan fingerprint density at radius 1 is 0.966 bits per heavy atom. The summed E-state index contributed by atoms with van der Waals surface area (Å²) < 4.78 is 32.5. The molecule has 0 saturated carbocycles. The van der Waals surface area contributed by atoms with E-state index in [9.17, 15) is 13.2 Å². The number of sulfone groups is 1. The smallest absolute Gasteiger partial charge is 0.243 e. The Kier molecular flexibility index (Phi) is 6.56. The number of benzene rings is 3. The van der Waals surface area contributed by atoms with Crippen molar-refractivity contribution in [3.05, 3.63) is 77.3 Å². The number of anilines is 2. The number of amides is 1. The number of methoxy groups -OCH3 is 1. The monoisotopic (exact) mass is 474 g/mol. The van der Waals surface area contributed by atoms with Crippen LogP contribution in [0, 0.1) is 0 Å². The molecule has 0 unspecified atom stereocenters. The van der Waals surface area contributed by atoms with E-state index in [1.165, 1.54) is 19.2 Å². The van der Waals surface area contributed by atoms with E-state index in [4.69, 9.17) is 4.74 Å². The van der Waals surface area contributed by atoms with E-state index in [0.717, 1.165) is 4.47 Å². The minimum atomic E-state index is -3.85. The lowest BCUT2D eigenvalue weighted by atomic mass is 10.3. The summed E-state index contributed by atoms with van der Waals surface area (Å²) in [5.74, 6) is -0.106. The van der Waals surface area contributed by atoms with Crippen LogP contribution < -0.4 is 15.4 Å². The molecule has 3 aromatic carbocycles. The zero-order chi connectivity index (χ0) is 20.9. The van der Waals surface area contributed by atoms with E-state index >= 15 is 0 Å². The molecule has 6 nitrogen and oxygen atoms in total. The first-order valence-electron chi connectivity index (χ1n) is 8.68. The molecule has 0 bridgehead atoms. The summed E-state index contributed by atoms with van der Waals surface area (Å²) in [5.41, 5.74) is 0.932. The fourth-order valence-corrected chi connectivity index (χ4v) is 4.59. The minimum absolute atomic E-state index is 0.00913. The van der Waals surface area contributed by atoms with Crippen molar-refractivity contribution in [3.63, 3.8) is 0 Å². The van der Waals surface area contributed by atoms with Gasteiger partial charge in [0.05, 0.1) is 24.2 Å². The lowest BCUT2D eigenvalue weighted by molar-refractivity contribution is -0.114. The van der Waals surface area contributed by atoms with Gasteiger partial charge in [-0.2, -0.15) is 0 Å². The number of ether oxygens (including phenoxy) is 1. The predicted octanol–water partition coefficient (Wildman–Crippen LogP) is 4.34. The van der Waals surface area contributed by atoms with Crippen LogP contribution >= 0.6 is 15.9 Å². The van der Waals surface area contributed by atoms with Crippen LogP contribution in [0.4, 0.5) is 11.4 Å². The second-order valence-electron chi connectivity index (χ2n) is 6.06. The molecule has 2 N–H and O–H groups in total. The van der Waals surface area contributed by atoms with Gasteiger partial charge in [0, 0.05) is 10.2 Å². The van der Waals surface area contributed by atoms with E-state index in [0.29, 0.717) is 11.4 Å². The van der Waals surface area contributed by atoms with Gasteiger partial charge in [-0.3, -0.25) is 4.79 Å². The van der Waals surface area contributed by atoms with Gasteiger partial charge in [-0.05, 0) is 48.5 Å². The topological polar surface area (TPSA) is 84.5 Å². The van der Waals surface area contributed by atoms with Crippen LogP contribution in [-0.4, -0.2) is 28.0 Å². The van der Waals surface area contributed by atoms with E-state index in [2.05, 4.69) is 26.6 Å². The number of hydrogen-bond acceptors (Lipinski definition) is 5. The largest absolute Gasteiger partial charge is 0.495 e. The summed E-state index contributed by atoms with van der Waals surface area (Å²) in [7, 11) is -2.44. The van der Waals surface area contributed by atoms with E-state index in [1.807, 2.05) is 12.1 Å². The molecule has 0 atom stereocenters. The Labute approximate surface area is 178 Å². The van der Waals surface area contributed by atoms with Crippen LogP contribution in [0.3, 0.4) is 0 Å². The first-order chi connectivity index (χ1) is 13.9. The number of rotatable bonds is 7. The molecule has 0 spiro atoms. The number of hydrogen-bond donors (Lipinski definition) is 2. The Balaban J connectivity index is 1.85. The molecule has 150 valence electrons. The standard InChI is InChI=1S/C21H19BrN2O4S/c1-28-19-9-5-8-18(21(19)29(26,27)17-6-3-2-4-7-17)23-14-20(25)24-16-12-10-15(22)11-13-16/h2-13,23H,14H2,1H3,(H,24,25). The van der Waals surface area contributed by atoms with E-state index < -0.39 is 9.84 Å². The molecule has 3 aromatic rings. The summed E-state index contributed by atoms with van der Waals surface area (Å²) in [4.78, 5) is 12.4. The molecule has 29 heavy (non-hydrogen) atoms. The molecule has 8 heteroatoms. The molecule has 0 fully saturated rings. The zero-order valence-electron chi connectivity index (χ0n) is 15.6. The Bertz CT molecular complexity index is 1100. The third-order valence-corrected chi connectivity index (χ3v) is 6.47. The van der Waals surface area contributed by atoms with Crippen molar-refractivity contribution in [1.82, 2.24) is 0 Å². The molecule has 3 rings (SSSR count). The molecule has 1 amide bonds. The second kappa shape index (κ2) is 9.11. The van der Waals surface area contributed by atoms with Crippen LogP contribution in [0.2, 0.25) is 0 Å². The lowest BCUT2D eigenvalue weighted by Crippen LogP contribution is -2.22. The van der Waals surface area contributed by atoms with Gasteiger partial charge in [-0.15, -0.1) is 0 Å². The maximum Gasteiger partial charge on any atom is 0.243 e. The van der Waals surface area contributed by atoms with Crippen LogP contribution in [0.5, 0.6) is 5.75 Å². The second-order valence-corrected chi connectivity index (χ2v) is 8.86. The molecule has 0 aliphatic rings. The molecule has 0 aliphatic carbocycles. The van der Waals surface area contributed by atoms with Crippen molar-refractivity contribution in [2.45, 2.75) is 9.79 Å². The molecule has 0 heterocycles. The highest BCUT2D eigenvalue weighted by Crippen LogP contribution is 2.35. The number of halogens is 1. The van der Waals surface area contributed by atoms with Gasteiger partial charge in [-0.25, -0.2) is 8.42 Å². The number of nitrogens with one attached hydrogen (secondary N) is 2. The third-order valence-electron chi connectivity index (χ3n) is 4.09. The number of carbonyl (C=O) groups excluding carboxylic acids is 1. The van der Waals surface area contributed by atoms with E-state index in [-0.39, 0.29) is 28.0 Å². The number of carbonyl (C=O) groups is 1. The van der Waals surface area contributed by atoms with Gasteiger partial charge in [-0.1, -0.05) is 40.2 Å². The molecular formula is C21H19BrN2O4S. The first kappa shape index (κ1) is 20.9. The fraction of sp³-hybridized carbons (Fsp3) is 0.0952. The maximum absolute atomic E-state index is 13.2. The van der Waals surface area contributed by atoms with Crippen LogP contribution in [0.15, 0.2) is 87.1 Å². The van der Waals surface area contributed by atoms with Crippen LogP contribution in [0.25, 0.3) is 0 Å². The molecule has 0 aliphatic heterocycles. The van der Waals surface area contributed by atoms with Crippen LogP contribution in [0.1, 0.15) is 0 Å². The van der Waals surface area contributed by atoms with Crippen molar-refractivity contribution >= 4 is 43.0 Å². The Morgan fingerprint density at radius 2 is 1.66 bits per heavy atom. The van der Waals surface area contributed by atoms with Crippen LogP contribution in [-0.2, 0) is 14.6 Å². The Morgan fingerprint density at radius 3 is 2.31 bits per heavy atom. The molecular weight excluding hydrogens is 456 g/mol. The van der Waals surface area contributed by atoms with Crippen molar-refractivity contribution in [2.24, 2.45) is 0 Å². The summed E-state index contributed by atoms with van der Waals surface area (Å²) >= 11 is 3.34. The molecule has 0 radical (unpaired) electrons. The summed E-state index contributed by atoms with van der Waals surface area (Å²) in [6.07, 6.45) is 0. The molecule has 0 saturated heterocycles. The highest BCUT2D eigenvalue weighted by molar-refractivity contribution is 9.10. The summed E-state index contributed by atoms with van der Waals surface area (Å²) in [6, 6.07) is 20.1. The highest BCUT2D eigenvalue weighted by Gasteiger charge is 2.26. The van der Waals surface area contributed by atoms with Gasteiger partial charge >= 0.3 is 0 Å². The zero-order valence-corrected chi connectivity index (χ0v) is 18.0. The van der Waals surface area contributed by atoms with Gasteiger partial charge < -0.3 is 15.4 Å². The maximum atomic E-state index is 13.2. The van der Waals surface area contributed by atoms with Gasteiger partial charge in [0.25, 0.3) is 0 Å². The SMILES string of the molecule is COc1cccc(NCC(=O)Nc2ccc(Br)cc2)c1S(=O)(=O)c1ccccc1. The Hall–Kier alpha value is -2.84. The van der Waals surface area contributed by atoms with Crippen molar-refractivity contribution in [2.75, 3.05) is 24.3 Å². The average molecular weight is 475 g/mol. The summed E-state index contributed by atoms with van der Waals surface area (Å²) in [5, 5.41) is 5.67. The minimum Gasteiger partial charge on any atom is -0.495 e. The van der Waals surface area contributed by atoms with Crippen molar-refractivity contribution < 1.29 is 17.9 Å². The van der Waals surface area contributed by atoms with E-state index in [1.54, 1.807) is 48.5 Å². The van der Waals surface area contributed by atoms with Gasteiger partial charge in [0.2, 0.25) is 15.7 Å². The normalized spacial score (nSPS) is 11.0. The first-order valence-corrected chi connectivity index (χ1v) is 11.0. The van der Waals surface area contributed by atoms with Crippen molar-refractivity contribution in [3.8, 4) is 5.75 Å². The quantitative estimate of drug-likeness (QED) is 0.531. The highest BCUT2D eigenvalue weighted by atomic mass is 79.9. The lowest BCUT2D eigenvalue weighted by Gasteiger charge is -2.16. The van der Waals surface area contributed by atoms with Crippen molar-refractivity contribution in [1.29, 1.82) is 0 Å². The van der Waals surface area contributed by atoms with Gasteiger partial charge in [0.15, 0.2) is 0 Å². The van der Waals surface area contributed by atoms with Gasteiger partial charge in [0.1, 0.15) is 10.6 Å². The summed E-state index contributed by atoms with van der Waals surface area (Å²) in [6.45, 7) is -0.111. The fourth-order valence-electron chi connectivity index (χ4n) is 2.72. The predicted molar refractivity (Wildman–Crippen MR) is 116 cm³/mol.